The zero-order valence-electron chi connectivity index (χ0n) is 25.7. The van der Waals surface area contributed by atoms with Crippen molar-refractivity contribution < 1.29 is 23.7 Å². The van der Waals surface area contributed by atoms with Crippen LogP contribution in [-0.2, 0) is 16.1 Å². The molecule has 0 bridgehead atoms. The Labute approximate surface area is 288 Å². The van der Waals surface area contributed by atoms with Crippen molar-refractivity contribution in [2.45, 2.75) is 46.4 Å². The molecule has 0 fully saturated rings. The van der Waals surface area contributed by atoms with Crippen LogP contribution in [-0.4, -0.2) is 30.4 Å². The number of carbonyl (C=O) groups excluding carboxylic acids is 1. The molecule has 1 aliphatic rings. The monoisotopic (exact) mass is 744 g/mol. The van der Waals surface area contributed by atoms with Crippen LogP contribution >= 0.6 is 50.5 Å². The van der Waals surface area contributed by atoms with E-state index in [2.05, 4.69) is 20.9 Å². The van der Waals surface area contributed by atoms with Crippen molar-refractivity contribution in [2.75, 3.05) is 13.7 Å². The van der Waals surface area contributed by atoms with Crippen molar-refractivity contribution in [3.63, 3.8) is 0 Å². The molecule has 46 heavy (non-hydrogen) atoms. The largest absolute Gasteiger partial charge is 0.493 e. The minimum absolute atomic E-state index is 0.0836. The number of carbonyl (C=O) groups is 1. The summed E-state index contributed by atoms with van der Waals surface area (Å²) < 4.78 is 25.7. The van der Waals surface area contributed by atoms with E-state index in [9.17, 15) is 9.59 Å². The van der Waals surface area contributed by atoms with Crippen LogP contribution in [0.5, 0.6) is 17.2 Å². The number of hydrogen-bond acceptors (Lipinski definition) is 8. The summed E-state index contributed by atoms with van der Waals surface area (Å²) in [5.74, 6) is 0.942. The van der Waals surface area contributed by atoms with Crippen molar-refractivity contribution in [1.29, 1.82) is 0 Å². The third-order valence-electron chi connectivity index (χ3n) is 7.04. The second-order valence-electron chi connectivity index (χ2n) is 10.6. The third-order valence-corrected chi connectivity index (χ3v) is 9.20. The van der Waals surface area contributed by atoms with E-state index in [-0.39, 0.29) is 30.5 Å². The molecule has 12 heteroatoms. The van der Waals surface area contributed by atoms with Gasteiger partial charge in [0.15, 0.2) is 16.3 Å². The van der Waals surface area contributed by atoms with Crippen LogP contribution in [0.15, 0.2) is 80.1 Å². The Morgan fingerprint density at radius 2 is 1.89 bits per heavy atom. The topological polar surface area (TPSA) is 88.4 Å². The van der Waals surface area contributed by atoms with E-state index in [1.807, 2.05) is 38.1 Å². The highest BCUT2D eigenvalue weighted by molar-refractivity contribution is 9.10. The molecule has 0 radical (unpaired) electrons. The maximum Gasteiger partial charge on any atom is 0.338 e. The molecule has 240 valence electrons. The second kappa shape index (κ2) is 14.5. The lowest BCUT2D eigenvalue weighted by molar-refractivity contribution is -0.139. The third kappa shape index (κ3) is 7.05. The van der Waals surface area contributed by atoms with Gasteiger partial charge in [-0.15, -0.1) is 0 Å². The molecule has 0 saturated carbocycles. The number of fused-ring (bicyclic) bond motifs is 1. The Morgan fingerprint density at radius 3 is 2.59 bits per heavy atom. The summed E-state index contributed by atoms with van der Waals surface area (Å²) in [6, 6.07) is 15.4. The van der Waals surface area contributed by atoms with Gasteiger partial charge in [0, 0.05) is 21.2 Å². The van der Waals surface area contributed by atoms with Crippen LogP contribution in [0.2, 0.25) is 10.0 Å². The molecule has 1 atom stereocenters. The van der Waals surface area contributed by atoms with E-state index in [1.165, 1.54) is 15.9 Å². The lowest BCUT2D eigenvalue weighted by atomic mass is 9.95. The summed E-state index contributed by atoms with van der Waals surface area (Å²) in [7, 11) is 1.54. The average molecular weight is 747 g/mol. The van der Waals surface area contributed by atoms with Crippen molar-refractivity contribution >= 4 is 62.5 Å². The molecular weight excluding hydrogens is 715 g/mol. The Morgan fingerprint density at radius 1 is 1.13 bits per heavy atom. The van der Waals surface area contributed by atoms with Gasteiger partial charge in [-0.25, -0.2) is 9.79 Å². The van der Waals surface area contributed by atoms with Gasteiger partial charge in [-0.05, 0) is 85.6 Å². The number of benzene rings is 3. The predicted molar refractivity (Wildman–Crippen MR) is 184 cm³/mol. The first-order valence-electron chi connectivity index (χ1n) is 14.4. The normalized spacial score (nSPS) is 14.6. The van der Waals surface area contributed by atoms with E-state index in [0.717, 1.165) is 5.56 Å². The number of methoxy groups -OCH3 is 1. The van der Waals surface area contributed by atoms with Gasteiger partial charge in [0.1, 0.15) is 12.4 Å². The molecule has 0 N–H and O–H groups in total. The first-order valence-corrected chi connectivity index (χ1v) is 16.8. The van der Waals surface area contributed by atoms with E-state index in [1.54, 1.807) is 57.4 Å². The number of halogens is 3. The average Bonchev–Trinajstić information content (AvgIpc) is 3.30. The summed E-state index contributed by atoms with van der Waals surface area (Å²) >= 11 is 17.6. The summed E-state index contributed by atoms with van der Waals surface area (Å²) in [6.07, 6.45) is 1.63. The van der Waals surface area contributed by atoms with Gasteiger partial charge in [-0.1, -0.05) is 58.8 Å². The zero-order chi connectivity index (χ0) is 33.1. The lowest BCUT2D eigenvalue weighted by Crippen LogP contribution is -2.40. The van der Waals surface area contributed by atoms with Crippen LogP contribution in [0, 0.1) is 0 Å². The van der Waals surface area contributed by atoms with E-state index >= 15 is 0 Å². The fourth-order valence-corrected chi connectivity index (χ4v) is 7.24. The minimum atomic E-state index is -0.832. The van der Waals surface area contributed by atoms with E-state index in [4.69, 9.17) is 42.1 Å². The molecule has 0 aliphatic carbocycles. The number of hydrogen-bond donors (Lipinski definition) is 0. The molecule has 2 heterocycles. The van der Waals surface area contributed by atoms with Gasteiger partial charge < -0.3 is 18.9 Å². The molecule has 0 unspecified atom stereocenters. The standard InChI is InChI=1S/C34H31BrCl2N2O6S/c1-6-43-33(41)29-19(4)38-34-39(30(29)20-11-12-26(45-18(2)3)27(14-20)42-5)32(40)28(46-34)15-22-13-23(36)16-24(35)31(22)44-17-21-9-7-8-10-25(21)37/h7-16,18,30H,6,17H2,1-5H3/b28-15+/t30-/m0/s1. The van der Waals surface area contributed by atoms with Crippen molar-refractivity contribution in [3.8, 4) is 17.2 Å². The molecule has 3 aromatic carbocycles. The lowest BCUT2D eigenvalue weighted by Gasteiger charge is -2.25. The van der Waals surface area contributed by atoms with Crippen LogP contribution < -0.4 is 29.1 Å². The van der Waals surface area contributed by atoms with Crippen molar-refractivity contribution in [2.24, 2.45) is 4.99 Å². The Bertz CT molecular complexity index is 2020. The Balaban J connectivity index is 1.67. The fourth-order valence-electron chi connectivity index (χ4n) is 5.06. The predicted octanol–water partition coefficient (Wildman–Crippen LogP) is 7.24. The van der Waals surface area contributed by atoms with Gasteiger partial charge in [-0.3, -0.25) is 9.36 Å². The quantitative estimate of drug-likeness (QED) is 0.159. The molecule has 0 amide bonds. The molecule has 1 aliphatic heterocycles. The number of ether oxygens (including phenoxy) is 4. The van der Waals surface area contributed by atoms with Gasteiger partial charge in [0.05, 0.1) is 46.1 Å². The van der Waals surface area contributed by atoms with Crippen molar-refractivity contribution in [3.05, 3.63) is 117 Å². The summed E-state index contributed by atoms with van der Waals surface area (Å²) in [5, 5.41) is 1.03. The minimum Gasteiger partial charge on any atom is -0.493 e. The smallest absolute Gasteiger partial charge is 0.338 e. The number of esters is 1. The highest BCUT2D eigenvalue weighted by Gasteiger charge is 2.34. The second-order valence-corrected chi connectivity index (χ2v) is 13.3. The maximum atomic E-state index is 14.3. The van der Waals surface area contributed by atoms with Crippen LogP contribution in [0.25, 0.3) is 6.08 Å². The first-order chi connectivity index (χ1) is 22.0. The van der Waals surface area contributed by atoms with E-state index in [0.29, 0.717) is 57.9 Å². The van der Waals surface area contributed by atoms with Crippen LogP contribution in [0.4, 0.5) is 0 Å². The molecule has 4 aromatic rings. The van der Waals surface area contributed by atoms with Gasteiger partial charge in [0.2, 0.25) is 0 Å². The highest BCUT2D eigenvalue weighted by Crippen LogP contribution is 2.37. The van der Waals surface area contributed by atoms with Gasteiger partial charge >= 0.3 is 5.97 Å². The summed E-state index contributed by atoms with van der Waals surface area (Å²) in [5.41, 5.74) is 2.37. The Hall–Kier alpha value is -3.57. The summed E-state index contributed by atoms with van der Waals surface area (Å²) in [4.78, 5) is 32.7. The maximum absolute atomic E-state index is 14.3. The van der Waals surface area contributed by atoms with Gasteiger partial charge in [-0.2, -0.15) is 0 Å². The molecule has 0 spiro atoms. The molecule has 8 nitrogen and oxygen atoms in total. The Kier molecular flexibility index (Phi) is 10.6. The first kappa shape index (κ1) is 33.8. The zero-order valence-corrected chi connectivity index (χ0v) is 29.6. The number of thiazole rings is 1. The molecule has 5 rings (SSSR count). The molecule has 1 aromatic heterocycles. The van der Waals surface area contributed by atoms with Crippen LogP contribution in [0.3, 0.4) is 0 Å². The summed E-state index contributed by atoms with van der Waals surface area (Å²) in [6.45, 7) is 7.66. The number of aromatic nitrogens is 1. The molecule has 0 saturated heterocycles. The highest BCUT2D eigenvalue weighted by atomic mass is 79.9. The van der Waals surface area contributed by atoms with Crippen LogP contribution in [0.1, 0.15) is 50.4 Å². The van der Waals surface area contributed by atoms with E-state index < -0.39 is 12.0 Å². The number of rotatable bonds is 10. The number of allylic oxidation sites excluding steroid dienone is 1. The number of nitrogens with zero attached hydrogens (tertiary/aromatic N) is 2. The van der Waals surface area contributed by atoms with Crippen molar-refractivity contribution in [1.82, 2.24) is 4.57 Å². The fraction of sp³-hybridized carbons (Fsp3) is 0.265. The van der Waals surface area contributed by atoms with Gasteiger partial charge in [0.25, 0.3) is 5.56 Å². The molecular formula is C34H31BrCl2N2O6S. The SMILES string of the molecule is CCOC(=O)C1=C(C)N=c2s/c(=C/c3cc(Cl)cc(Br)c3OCc3ccccc3Cl)c(=O)n2[C@H]1c1ccc(OC(C)C)c(OC)c1.